The van der Waals surface area contributed by atoms with Gasteiger partial charge in [-0.15, -0.1) is 0 Å². The second-order valence-corrected chi connectivity index (χ2v) is 6.60. The van der Waals surface area contributed by atoms with Crippen molar-refractivity contribution in [3.63, 3.8) is 0 Å². The van der Waals surface area contributed by atoms with Gasteiger partial charge >= 0.3 is 0 Å². The Hall–Kier alpha value is -2.74. The summed E-state index contributed by atoms with van der Waals surface area (Å²) in [4.78, 5) is 25.2. The number of aryl methyl sites for hydroxylation is 2. The average molecular weight is 355 g/mol. The number of hydrogen-bond donors (Lipinski definition) is 1. The maximum absolute atomic E-state index is 12.5. The molecule has 1 aliphatic rings. The summed E-state index contributed by atoms with van der Waals surface area (Å²) in [6.45, 7) is 7.36. The lowest BCUT2D eigenvalue weighted by Crippen LogP contribution is -2.16. The van der Waals surface area contributed by atoms with Gasteiger partial charge in [-0.2, -0.15) is 0 Å². The van der Waals surface area contributed by atoms with E-state index >= 15 is 0 Å². The Labute approximate surface area is 150 Å². The van der Waals surface area contributed by atoms with Crippen molar-refractivity contribution in [1.82, 2.24) is 19.5 Å². The smallest absolute Gasteiger partial charge is 0.294 e. The first-order valence-corrected chi connectivity index (χ1v) is 8.69. The molecular formula is C18H21N5O3. The van der Waals surface area contributed by atoms with E-state index in [9.17, 15) is 4.79 Å². The Balaban J connectivity index is 1.72. The minimum Gasteiger partial charge on any atom is -0.438 e. The highest BCUT2D eigenvalue weighted by molar-refractivity contribution is 6.07. The monoisotopic (exact) mass is 355 g/mol. The highest BCUT2D eigenvalue weighted by atomic mass is 16.5. The Morgan fingerprint density at radius 1 is 1.31 bits per heavy atom. The second kappa shape index (κ2) is 6.53. The molecule has 136 valence electrons. The van der Waals surface area contributed by atoms with Crippen LogP contribution in [0.5, 0.6) is 0 Å². The number of oxazole rings is 1. The van der Waals surface area contributed by atoms with Crippen molar-refractivity contribution in [2.75, 3.05) is 11.9 Å². The first kappa shape index (κ1) is 16.7. The molecule has 0 spiro atoms. The van der Waals surface area contributed by atoms with E-state index in [1.54, 1.807) is 6.92 Å². The van der Waals surface area contributed by atoms with Gasteiger partial charge in [0.25, 0.3) is 5.91 Å². The lowest BCUT2D eigenvalue weighted by Gasteiger charge is -2.13. The van der Waals surface area contributed by atoms with E-state index in [4.69, 9.17) is 9.15 Å². The number of aromatic nitrogens is 4. The first-order valence-electron chi connectivity index (χ1n) is 8.69. The zero-order valence-electron chi connectivity index (χ0n) is 15.1. The topological polar surface area (TPSA) is 95.1 Å². The summed E-state index contributed by atoms with van der Waals surface area (Å²) in [5.74, 6) is 0.288. The van der Waals surface area contributed by atoms with Crippen LogP contribution in [0.3, 0.4) is 0 Å². The third-order valence-corrected chi connectivity index (χ3v) is 5.00. The normalized spacial score (nSPS) is 17.1. The van der Waals surface area contributed by atoms with Crippen molar-refractivity contribution in [3.05, 3.63) is 35.4 Å². The molecule has 1 atom stereocenters. The first-order chi connectivity index (χ1) is 12.6. The number of amides is 1. The molecule has 1 fully saturated rings. The van der Waals surface area contributed by atoms with Gasteiger partial charge in [0.2, 0.25) is 5.76 Å². The van der Waals surface area contributed by atoms with Gasteiger partial charge in [0.15, 0.2) is 6.39 Å². The fourth-order valence-electron chi connectivity index (χ4n) is 3.46. The van der Waals surface area contributed by atoms with Gasteiger partial charge in [-0.05, 0) is 39.2 Å². The van der Waals surface area contributed by atoms with E-state index < -0.39 is 0 Å². The van der Waals surface area contributed by atoms with Crippen LogP contribution < -0.4 is 5.32 Å². The van der Waals surface area contributed by atoms with Crippen LogP contribution in [-0.2, 0) is 11.3 Å². The molecule has 0 saturated carbocycles. The maximum atomic E-state index is 12.5. The zero-order valence-corrected chi connectivity index (χ0v) is 15.1. The fraction of sp³-hybridized carbons (Fsp3) is 0.444. The van der Waals surface area contributed by atoms with E-state index in [0.717, 1.165) is 48.3 Å². The third-order valence-electron chi connectivity index (χ3n) is 5.00. The van der Waals surface area contributed by atoms with Crippen LogP contribution in [0, 0.1) is 20.8 Å². The van der Waals surface area contributed by atoms with Gasteiger partial charge in [0, 0.05) is 12.3 Å². The molecule has 26 heavy (non-hydrogen) atoms. The van der Waals surface area contributed by atoms with E-state index in [1.165, 1.54) is 12.7 Å². The number of rotatable bonds is 4. The second-order valence-electron chi connectivity index (χ2n) is 6.60. The minimum atomic E-state index is -0.371. The molecule has 3 aromatic rings. The summed E-state index contributed by atoms with van der Waals surface area (Å²) in [6.07, 6.45) is 5.07. The van der Waals surface area contributed by atoms with Crippen LogP contribution in [0.15, 0.2) is 17.1 Å². The molecule has 1 unspecified atom stereocenters. The Bertz CT molecular complexity index is 969. The molecule has 8 heteroatoms. The van der Waals surface area contributed by atoms with Crippen LogP contribution in [0.2, 0.25) is 0 Å². The lowest BCUT2D eigenvalue weighted by atomic mass is 10.2. The largest absolute Gasteiger partial charge is 0.438 e. The molecule has 1 saturated heterocycles. The van der Waals surface area contributed by atoms with Crippen molar-refractivity contribution in [2.24, 2.45) is 0 Å². The van der Waals surface area contributed by atoms with Gasteiger partial charge < -0.3 is 19.0 Å². The van der Waals surface area contributed by atoms with E-state index in [1.807, 2.05) is 6.92 Å². The average Bonchev–Trinajstić information content (AvgIpc) is 3.33. The number of carbonyl (C=O) groups excluding carboxylic acids is 1. The Morgan fingerprint density at radius 2 is 2.15 bits per heavy atom. The van der Waals surface area contributed by atoms with Crippen LogP contribution >= 0.6 is 0 Å². The van der Waals surface area contributed by atoms with Crippen molar-refractivity contribution in [3.8, 4) is 0 Å². The molecule has 0 radical (unpaired) electrons. The lowest BCUT2D eigenvalue weighted by molar-refractivity contribution is 0.0974. The standard InChI is InChI=1S/C18H21N5O3/c1-10-12(3)23(7-13-5-4-6-25-13)17-14(10)16(19-8-20-17)22-18(24)15-11(2)21-9-26-15/h8-9,13H,4-7H2,1-3H3,(H,19,20,22,24). The predicted octanol–water partition coefficient (Wildman–Crippen LogP) is 2.78. The molecule has 4 heterocycles. The predicted molar refractivity (Wildman–Crippen MR) is 95.2 cm³/mol. The summed E-state index contributed by atoms with van der Waals surface area (Å²) < 4.78 is 13.1. The summed E-state index contributed by atoms with van der Waals surface area (Å²) >= 11 is 0. The van der Waals surface area contributed by atoms with Crippen molar-refractivity contribution < 1.29 is 13.9 Å². The van der Waals surface area contributed by atoms with Gasteiger partial charge in [-0.25, -0.2) is 15.0 Å². The molecular weight excluding hydrogens is 334 g/mol. The molecule has 1 amide bonds. The Morgan fingerprint density at radius 3 is 2.85 bits per heavy atom. The van der Waals surface area contributed by atoms with Gasteiger partial charge in [0.1, 0.15) is 17.8 Å². The number of anilines is 1. The molecule has 1 N–H and O–H groups in total. The number of hydrogen-bond acceptors (Lipinski definition) is 6. The highest BCUT2D eigenvalue weighted by Gasteiger charge is 2.23. The van der Waals surface area contributed by atoms with Crippen LogP contribution in [0.1, 0.15) is 40.3 Å². The van der Waals surface area contributed by atoms with Crippen molar-refractivity contribution in [2.45, 2.75) is 46.3 Å². The number of nitrogens with one attached hydrogen (secondary N) is 1. The summed E-state index contributed by atoms with van der Waals surface area (Å²) in [7, 11) is 0. The maximum Gasteiger partial charge on any atom is 0.294 e. The molecule has 3 aromatic heterocycles. The molecule has 0 aliphatic carbocycles. The minimum absolute atomic E-state index is 0.185. The molecule has 0 aromatic carbocycles. The molecule has 1 aliphatic heterocycles. The zero-order chi connectivity index (χ0) is 18.3. The van der Waals surface area contributed by atoms with Crippen molar-refractivity contribution >= 4 is 22.8 Å². The van der Waals surface area contributed by atoms with Crippen LogP contribution in [0.25, 0.3) is 11.0 Å². The number of ether oxygens (including phenoxy) is 1. The van der Waals surface area contributed by atoms with Crippen LogP contribution in [-0.4, -0.2) is 38.1 Å². The van der Waals surface area contributed by atoms with Gasteiger partial charge in [-0.1, -0.05) is 0 Å². The molecule has 4 rings (SSSR count). The number of carbonyl (C=O) groups is 1. The summed E-state index contributed by atoms with van der Waals surface area (Å²) in [5.41, 5.74) is 3.48. The quantitative estimate of drug-likeness (QED) is 0.773. The van der Waals surface area contributed by atoms with Gasteiger partial charge in [0.05, 0.1) is 23.7 Å². The van der Waals surface area contributed by atoms with Crippen LogP contribution in [0.4, 0.5) is 5.82 Å². The van der Waals surface area contributed by atoms with E-state index in [2.05, 4.69) is 31.8 Å². The summed E-state index contributed by atoms with van der Waals surface area (Å²) in [6, 6.07) is 0. The van der Waals surface area contributed by atoms with Gasteiger partial charge in [-0.3, -0.25) is 4.79 Å². The fourth-order valence-corrected chi connectivity index (χ4v) is 3.46. The Kier molecular flexibility index (Phi) is 4.20. The van der Waals surface area contributed by atoms with Crippen molar-refractivity contribution in [1.29, 1.82) is 0 Å². The van der Waals surface area contributed by atoms with E-state index in [0.29, 0.717) is 11.5 Å². The number of fused-ring (bicyclic) bond motifs is 1. The number of nitrogens with zero attached hydrogens (tertiary/aromatic N) is 4. The molecule has 0 bridgehead atoms. The molecule has 8 nitrogen and oxygen atoms in total. The van der Waals surface area contributed by atoms with E-state index in [-0.39, 0.29) is 17.8 Å². The summed E-state index contributed by atoms with van der Waals surface area (Å²) in [5, 5.41) is 3.68. The highest BCUT2D eigenvalue weighted by Crippen LogP contribution is 2.30. The SMILES string of the molecule is Cc1ncoc1C(=O)Nc1ncnc2c1c(C)c(C)n2CC1CCCO1. The third kappa shape index (κ3) is 2.76.